The molecule has 8 heteroatoms. The first kappa shape index (κ1) is 15.8. The fraction of sp³-hybridized carbons (Fsp3) is 0.267. The van der Waals surface area contributed by atoms with Gasteiger partial charge in [-0.05, 0) is 25.1 Å². The van der Waals surface area contributed by atoms with E-state index in [0.717, 1.165) is 4.90 Å². The molecular weight excluding hydrogens is 339 g/mol. The molecule has 1 aliphatic rings. The van der Waals surface area contributed by atoms with Gasteiger partial charge in [-0.15, -0.1) is 0 Å². The second-order valence-corrected chi connectivity index (χ2v) is 6.27. The van der Waals surface area contributed by atoms with Crippen LogP contribution in [-0.2, 0) is 16.6 Å². The summed E-state index contributed by atoms with van der Waals surface area (Å²) in [5, 5.41) is 4.89. The van der Waals surface area contributed by atoms with Crippen LogP contribution in [0.15, 0.2) is 18.2 Å². The molecule has 2 N–H and O–H groups in total. The fourth-order valence-electron chi connectivity index (χ4n) is 2.90. The quantitative estimate of drug-likeness (QED) is 0.842. The van der Waals surface area contributed by atoms with Crippen LogP contribution in [0.4, 0.5) is 11.5 Å². The summed E-state index contributed by atoms with van der Waals surface area (Å²) in [7, 11) is 1.70. The Morgan fingerprint density at radius 2 is 2.00 bits per heavy atom. The summed E-state index contributed by atoms with van der Waals surface area (Å²) >= 11 is 12.0. The zero-order valence-electron chi connectivity index (χ0n) is 12.5. The molecule has 1 saturated heterocycles. The predicted molar refractivity (Wildman–Crippen MR) is 88.7 cm³/mol. The minimum atomic E-state index is -0.650. The Balaban J connectivity index is 2.03. The molecule has 1 aromatic carbocycles. The number of benzene rings is 1. The van der Waals surface area contributed by atoms with Crippen LogP contribution in [-0.4, -0.2) is 21.6 Å². The van der Waals surface area contributed by atoms with E-state index < -0.39 is 5.92 Å². The Morgan fingerprint density at radius 3 is 2.57 bits per heavy atom. The number of aromatic nitrogens is 2. The van der Waals surface area contributed by atoms with Crippen LogP contribution < -0.4 is 10.6 Å². The van der Waals surface area contributed by atoms with Crippen molar-refractivity contribution in [1.29, 1.82) is 0 Å². The maximum atomic E-state index is 12.8. The van der Waals surface area contributed by atoms with Crippen molar-refractivity contribution in [2.45, 2.75) is 19.3 Å². The second kappa shape index (κ2) is 5.54. The van der Waals surface area contributed by atoms with Crippen LogP contribution in [0, 0.1) is 6.92 Å². The summed E-state index contributed by atoms with van der Waals surface area (Å²) in [6.45, 7) is 1.77. The number of rotatable bonds is 2. The molecular formula is C15H14Cl2N4O2. The maximum absolute atomic E-state index is 12.8. The van der Waals surface area contributed by atoms with Crippen molar-refractivity contribution >= 4 is 46.5 Å². The van der Waals surface area contributed by atoms with E-state index in [-0.39, 0.29) is 23.3 Å². The van der Waals surface area contributed by atoms with Gasteiger partial charge in [-0.2, -0.15) is 5.10 Å². The number of nitrogens with two attached hydrogens (primary N) is 1. The Kier molecular flexibility index (Phi) is 3.82. The number of hydrogen-bond acceptors (Lipinski definition) is 4. The highest BCUT2D eigenvalue weighted by Crippen LogP contribution is 2.39. The summed E-state index contributed by atoms with van der Waals surface area (Å²) in [6.07, 6.45) is 0.0362. The van der Waals surface area contributed by atoms with Crippen LogP contribution in [0.3, 0.4) is 0 Å². The molecule has 23 heavy (non-hydrogen) atoms. The first-order chi connectivity index (χ1) is 10.8. The molecule has 0 spiro atoms. The van der Waals surface area contributed by atoms with Gasteiger partial charge in [-0.3, -0.25) is 14.3 Å². The summed E-state index contributed by atoms with van der Waals surface area (Å²) in [4.78, 5) is 26.3. The zero-order chi connectivity index (χ0) is 16.9. The predicted octanol–water partition coefficient (Wildman–Crippen LogP) is 2.66. The number of amides is 2. The van der Waals surface area contributed by atoms with E-state index >= 15 is 0 Å². The van der Waals surface area contributed by atoms with Crippen LogP contribution in [0.2, 0.25) is 10.0 Å². The van der Waals surface area contributed by atoms with E-state index in [0.29, 0.717) is 27.8 Å². The van der Waals surface area contributed by atoms with Gasteiger partial charge in [0.2, 0.25) is 11.8 Å². The van der Waals surface area contributed by atoms with E-state index in [9.17, 15) is 9.59 Å². The monoisotopic (exact) mass is 352 g/mol. The second-order valence-electron chi connectivity index (χ2n) is 5.43. The number of nitrogen functional groups attached to an aromatic ring is 1. The molecule has 2 aromatic rings. The molecule has 120 valence electrons. The maximum Gasteiger partial charge on any atom is 0.242 e. The first-order valence-electron chi connectivity index (χ1n) is 6.92. The molecule has 2 heterocycles. The summed E-state index contributed by atoms with van der Waals surface area (Å²) in [5.74, 6) is -0.949. The topological polar surface area (TPSA) is 81.2 Å². The van der Waals surface area contributed by atoms with Crippen molar-refractivity contribution in [2.24, 2.45) is 7.05 Å². The van der Waals surface area contributed by atoms with Crippen molar-refractivity contribution in [1.82, 2.24) is 9.78 Å². The SMILES string of the molecule is Cc1nn(C)c(N)c1C1CC(=O)N(c2ccc(Cl)cc2Cl)C1=O. The number of carbonyl (C=O) groups is 2. The Morgan fingerprint density at radius 1 is 1.30 bits per heavy atom. The highest BCUT2D eigenvalue weighted by Gasteiger charge is 2.43. The van der Waals surface area contributed by atoms with Crippen molar-refractivity contribution in [3.8, 4) is 0 Å². The number of nitrogens with zero attached hydrogens (tertiary/aromatic N) is 3. The number of anilines is 2. The fourth-order valence-corrected chi connectivity index (χ4v) is 3.39. The number of aryl methyl sites for hydroxylation is 2. The molecule has 1 atom stereocenters. The largest absolute Gasteiger partial charge is 0.384 e. The molecule has 1 unspecified atom stereocenters. The number of halogens is 2. The first-order valence-corrected chi connectivity index (χ1v) is 7.67. The van der Waals surface area contributed by atoms with E-state index in [4.69, 9.17) is 28.9 Å². The van der Waals surface area contributed by atoms with E-state index in [2.05, 4.69) is 5.10 Å². The average Bonchev–Trinajstić information content (AvgIpc) is 2.88. The average molecular weight is 353 g/mol. The Bertz CT molecular complexity index is 831. The molecule has 3 rings (SSSR count). The summed E-state index contributed by atoms with van der Waals surface area (Å²) in [5.41, 5.74) is 7.56. The number of hydrogen-bond donors (Lipinski definition) is 1. The third kappa shape index (κ3) is 2.48. The lowest BCUT2D eigenvalue weighted by atomic mass is 9.97. The van der Waals surface area contributed by atoms with Gasteiger partial charge in [0.1, 0.15) is 5.82 Å². The molecule has 1 fully saturated rings. The van der Waals surface area contributed by atoms with Crippen LogP contribution in [0.25, 0.3) is 0 Å². The van der Waals surface area contributed by atoms with Gasteiger partial charge in [0, 0.05) is 24.1 Å². The molecule has 1 aliphatic heterocycles. The number of imide groups is 1. The smallest absolute Gasteiger partial charge is 0.242 e. The Labute approximate surface area is 142 Å². The van der Waals surface area contributed by atoms with Crippen LogP contribution in [0.1, 0.15) is 23.6 Å². The highest BCUT2D eigenvalue weighted by atomic mass is 35.5. The van der Waals surface area contributed by atoms with Crippen molar-refractivity contribution < 1.29 is 9.59 Å². The van der Waals surface area contributed by atoms with E-state index in [1.807, 2.05) is 0 Å². The van der Waals surface area contributed by atoms with Gasteiger partial charge < -0.3 is 5.73 Å². The van der Waals surface area contributed by atoms with Gasteiger partial charge in [0.05, 0.1) is 22.3 Å². The molecule has 0 saturated carbocycles. The van der Waals surface area contributed by atoms with Gasteiger partial charge in [0.25, 0.3) is 0 Å². The van der Waals surface area contributed by atoms with E-state index in [1.165, 1.54) is 10.7 Å². The third-order valence-corrected chi connectivity index (χ3v) is 4.50. The molecule has 2 amide bonds. The lowest BCUT2D eigenvalue weighted by molar-refractivity contribution is -0.121. The van der Waals surface area contributed by atoms with Crippen molar-refractivity contribution in [3.63, 3.8) is 0 Å². The normalized spacial score (nSPS) is 18.1. The molecule has 0 bridgehead atoms. The molecule has 0 radical (unpaired) electrons. The van der Waals surface area contributed by atoms with Gasteiger partial charge in [-0.25, -0.2) is 4.90 Å². The van der Waals surface area contributed by atoms with Crippen LogP contribution in [0.5, 0.6) is 0 Å². The Hall–Kier alpha value is -2.05. The lowest BCUT2D eigenvalue weighted by Gasteiger charge is -2.16. The van der Waals surface area contributed by atoms with Crippen LogP contribution >= 0.6 is 23.2 Å². The third-order valence-electron chi connectivity index (χ3n) is 3.96. The summed E-state index contributed by atoms with van der Waals surface area (Å²) in [6, 6.07) is 4.64. The summed E-state index contributed by atoms with van der Waals surface area (Å²) < 4.78 is 1.50. The lowest BCUT2D eigenvalue weighted by Crippen LogP contribution is -2.30. The molecule has 6 nitrogen and oxygen atoms in total. The molecule has 1 aromatic heterocycles. The van der Waals surface area contributed by atoms with Gasteiger partial charge in [0.15, 0.2) is 0 Å². The number of carbonyl (C=O) groups excluding carboxylic acids is 2. The zero-order valence-corrected chi connectivity index (χ0v) is 14.0. The van der Waals surface area contributed by atoms with Crippen molar-refractivity contribution in [3.05, 3.63) is 39.5 Å². The van der Waals surface area contributed by atoms with Gasteiger partial charge >= 0.3 is 0 Å². The minimum Gasteiger partial charge on any atom is -0.384 e. The minimum absolute atomic E-state index is 0.0362. The van der Waals surface area contributed by atoms with Gasteiger partial charge in [-0.1, -0.05) is 23.2 Å². The molecule has 0 aliphatic carbocycles. The van der Waals surface area contributed by atoms with Crippen molar-refractivity contribution in [2.75, 3.05) is 10.6 Å². The van der Waals surface area contributed by atoms with E-state index in [1.54, 1.807) is 26.1 Å². The standard InChI is InChI=1S/C15H14Cl2N4O2/c1-7-13(14(18)20(2)19-7)9-6-12(22)21(15(9)23)11-4-3-8(16)5-10(11)17/h3-5,9H,6,18H2,1-2H3. The highest BCUT2D eigenvalue weighted by molar-refractivity contribution is 6.38.